The quantitative estimate of drug-likeness (QED) is 0.687. The lowest BCUT2D eigenvalue weighted by molar-refractivity contribution is -0.00171. The van der Waals surface area contributed by atoms with E-state index in [-0.39, 0.29) is 24.3 Å². The molecule has 0 unspecified atom stereocenters. The molecule has 1 amide bonds. The molecule has 29 heavy (non-hydrogen) atoms. The molecule has 8 nitrogen and oxygen atoms in total. The molecule has 0 fully saturated rings. The molecular formula is C20H19ClN4O4. The van der Waals surface area contributed by atoms with Crippen molar-refractivity contribution < 1.29 is 19.0 Å². The molecule has 1 aromatic heterocycles. The van der Waals surface area contributed by atoms with E-state index < -0.39 is 0 Å². The zero-order valence-electron chi connectivity index (χ0n) is 15.9. The first kappa shape index (κ1) is 19.2. The third kappa shape index (κ3) is 3.90. The highest BCUT2D eigenvalue weighted by Gasteiger charge is 2.28. The van der Waals surface area contributed by atoms with Crippen LogP contribution >= 0.6 is 11.6 Å². The highest BCUT2D eigenvalue weighted by Crippen LogP contribution is 2.31. The number of hydrogen-bond acceptors (Lipinski definition) is 6. The molecule has 0 aliphatic carbocycles. The Kier molecular flexibility index (Phi) is 5.37. The van der Waals surface area contributed by atoms with Gasteiger partial charge in [-0.3, -0.25) is 4.79 Å². The first-order valence-electron chi connectivity index (χ1n) is 8.92. The van der Waals surface area contributed by atoms with Crippen molar-refractivity contribution >= 4 is 23.2 Å². The van der Waals surface area contributed by atoms with Crippen LogP contribution in [0.3, 0.4) is 0 Å². The molecule has 1 atom stereocenters. The lowest BCUT2D eigenvalue weighted by Crippen LogP contribution is -2.24. The van der Waals surface area contributed by atoms with E-state index in [1.807, 2.05) is 24.3 Å². The molecule has 1 aliphatic heterocycles. The van der Waals surface area contributed by atoms with Crippen molar-refractivity contribution in [3.63, 3.8) is 0 Å². The van der Waals surface area contributed by atoms with Crippen LogP contribution in [0.1, 0.15) is 27.8 Å². The number of anilines is 1. The minimum Gasteiger partial charge on any atom is -0.497 e. The second kappa shape index (κ2) is 8.10. The average Bonchev–Trinajstić information content (AvgIpc) is 3.18. The van der Waals surface area contributed by atoms with Gasteiger partial charge in [-0.25, -0.2) is 4.68 Å². The standard InChI is InChI=1S/C20H19ClN4O4/c1-27-14-7-8-15(17(9-14)28-2)22-20(26)19-16-11-29-18(10-25(16)24-23-19)12-3-5-13(21)6-4-12/h3-9,18H,10-11H2,1-2H3,(H,22,26)/t18-/m1/s1. The topological polar surface area (TPSA) is 87.5 Å². The highest BCUT2D eigenvalue weighted by atomic mass is 35.5. The molecule has 9 heteroatoms. The van der Waals surface area contributed by atoms with E-state index in [2.05, 4.69) is 15.6 Å². The number of halogens is 1. The number of benzene rings is 2. The number of hydrogen-bond donors (Lipinski definition) is 1. The van der Waals surface area contributed by atoms with Crippen LogP contribution in [0.25, 0.3) is 0 Å². The average molecular weight is 415 g/mol. The van der Waals surface area contributed by atoms with Gasteiger partial charge in [-0.2, -0.15) is 0 Å². The van der Waals surface area contributed by atoms with Crippen LogP contribution in [-0.2, 0) is 17.9 Å². The summed E-state index contributed by atoms with van der Waals surface area (Å²) in [5, 5.41) is 11.7. The molecule has 0 radical (unpaired) electrons. The summed E-state index contributed by atoms with van der Waals surface area (Å²) in [5.74, 6) is 0.726. The van der Waals surface area contributed by atoms with E-state index in [1.54, 1.807) is 30.0 Å². The van der Waals surface area contributed by atoms with Gasteiger partial charge >= 0.3 is 0 Å². The van der Waals surface area contributed by atoms with Crippen LogP contribution in [0.4, 0.5) is 5.69 Å². The maximum absolute atomic E-state index is 12.8. The Morgan fingerprint density at radius 1 is 1.21 bits per heavy atom. The van der Waals surface area contributed by atoms with Gasteiger partial charge in [0.25, 0.3) is 5.91 Å². The van der Waals surface area contributed by atoms with Crippen LogP contribution < -0.4 is 14.8 Å². The molecule has 4 rings (SSSR count). The Balaban J connectivity index is 1.52. The Hall–Kier alpha value is -3.10. The maximum Gasteiger partial charge on any atom is 0.278 e. The van der Waals surface area contributed by atoms with Crippen molar-refractivity contribution in [1.29, 1.82) is 0 Å². The van der Waals surface area contributed by atoms with Crippen LogP contribution in [0.15, 0.2) is 42.5 Å². The van der Waals surface area contributed by atoms with Gasteiger partial charge in [0.05, 0.1) is 38.8 Å². The molecule has 150 valence electrons. The summed E-state index contributed by atoms with van der Waals surface area (Å²) in [7, 11) is 3.09. The minimum atomic E-state index is -0.386. The van der Waals surface area contributed by atoms with E-state index in [4.69, 9.17) is 25.8 Å². The first-order chi connectivity index (χ1) is 14.1. The van der Waals surface area contributed by atoms with Crippen LogP contribution in [-0.4, -0.2) is 35.1 Å². The molecule has 0 saturated heterocycles. The summed E-state index contributed by atoms with van der Waals surface area (Å²) < 4.78 is 18.1. The number of methoxy groups -OCH3 is 2. The maximum atomic E-state index is 12.8. The summed E-state index contributed by atoms with van der Waals surface area (Å²) in [6.07, 6.45) is -0.181. The number of aromatic nitrogens is 3. The Bertz CT molecular complexity index is 1040. The number of carbonyl (C=O) groups excluding carboxylic acids is 1. The lowest BCUT2D eigenvalue weighted by Gasteiger charge is -2.24. The van der Waals surface area contributed by atoms with Gasteiger partial charge in [0.15, 0.2) is 5.69 Å². The summed E-state index contributed by atoms with van der Waals surface area (Å²) in [4.78, 5) is 12.8. The van der Waals surface area contributed by atoms with Crippen molar-refractivity contribution in [2.45, 2.75) is 19.3 Å². The summed E-state index contributed by atoms with van der Waals surface area (Å²) in [6.45, 7) is 0.686. The molecule has 3 aromatic rings. The Morgan fingerprint density at radius 3 is 2.72 bits per heavy atom. The second-order valence-corrected chi connectivity index (χ2v) is 6.87. The molecule has 1 aliphatic rings. The van der Waals surface area contributed by atoms with E-state index in [9.17, 15) is 4.79 Å². The van der Waals surface area contributed by atoms with Gasteiger partial charge in [-0.05, 0) is 29.8 Å². The fourth-order valence-electron chi connectivity index (χ4n) is 3.15. The molecule has 0 bridgehead atoms. The Labute approximate surface area is 172 Å². The van der Waals surface area contributed by atoms with Crippen molar-refractivity contribution in [3.8, 4) is 11.5 Å². The predicted octanol–water partition coefficient (Wildman–Crippen LogP) is 3.47. The smallest absolute Gasteiger partial charge is 0.278 e. The summed E-state index contributed by atoms with van der Waals surface area (Å²) >= 11 is 5.95. The second-order valence-electron chi connectivity index (χ2n) is 6.44. The van der Waals surface area contributed by atoms with Gasteiger partial charge in [0.1, 0.15) is 17.6 Å². The largest absolute Gasteiger partial charge is 0.497 e. The van der Waals surface area contributed by atoms with Gasteiger partial charge < -0.3 is 19.5 Å². The highest BCUT2D eigenvalue weighted by molar-refractivity contribution is 6.30. The third-order valence-electron chi connectivity index (χ3n) is 4.71. The van der Waals surface area contributed by atoms with Crippen LogP contribution in [0.5, 0.6) is 11.5 Å². The van der Waals surface area contributed by atoms with Crippen molar-refractivity contribution in [3.05, 3.63) is 64.4 Å². The summed E-state index contributed by atoms with van der Waals surface area (Å²) in [5.41, 5.74) is 2.35. The van der Waals surface area contributed by atoms with Crippen LogP contribution in [0, 0.1) is 0 Å². The SMILES string of the molecule is COc1ccc(NC(=O)c2nnn3c2CO[C@@H](c2ccc(Cl)cc2)C3)c(OC)c1. The number of carbonyl (C=O) groups is 1. The molecule has 0 saturated carbocycles. The number of rotatable bonds is 5. The zero-order valence-corrected chi connectivity index (χ0v) is 16.6. The van der Waals surface area contributed by atoms with Gasteiger partial charge in [0, 0.05) is 11.1 Å². The molecular weight excluding hydrogens is 396 g/mol. The lowest BCUT2D eigenvalue weighted by atomic mass is 10.1. The fourth-order valence-corrected chi connectivity index (χ4v) is 3.28. The number of fused-ring (bicyclic) bond motifs is 1. The number of nitrogens with one attached hydrogen (secondary N) is 1. The van der Waals surface area contributed by atoms with Crippen LogP contribution in [0.2, 0.25) is 5.02 Å². The third-order valence-corrected chi connectivity index (χ3v) is 4.96. The number of nitrogens with zero attached hydrogens (tertiary/aromatic N) is 3. The van der Waals surface area contributed by atoms with Crippen molar-refractivity contribution in [2.24, 2.45) is 0 Å². The zero-order chi connectivity index (χ0) is 20.4. The molecule has 0 spiro atoms. The summed E-state index contributed by atoms with van der Waals surface area (Å²) in [6, 6.07) is 12.6. The van der Waals surface area contributed by atoms with Crippen molar-refractivity contribution in [2.75, 3.05) is 19.5 Å². The molecule has 2 heterocycles. The monoisotopic (exact) mass is 414 g/mol. The predicted molar refractivity (Wildman–Crippen MR) is 107 cm³/mol. The van der Waals surface area contributed by atoms with Crippen molar-refractivity contribution in [1.82, 2.24) is 15.0 Å². The van der Waals surface area contributed by atoms with Gasteiger partial charge in [0.2, 0.25) is 0 Å². The van der Waals surface area contributed by atoms with E-state index in [0.717, 1.165) is 5.56 Å². The van der Waals surface area contributed by atoms with Gasteiger partial charge in [-0.1, -0.05) is 28.9 Å². The van der Waals surface area contributed by atoms with E-state index in [1.165, 1.54) is 7.11 Å². The Morgan fingerprint density at radius 2 is 2.00 bits per heavy atom. The molecule has 2 aromatic carbocycles. The first-order valence-corrected chi connectivity index (χ1v) is 9.29. The van der Waals surface area contributed by atoms with E-state index >= 15 is 0 Å². The number of amides is 1. The van der Waals surface area contributed by atoms with Gasteiger partial charge in [-0.15, -0.1) is 5.10 Å². The number of ether oxygens (including phenoxy) is 3. The fraction of sp³-hybridized carbons (Fsp3) is 0.250. The minimum absolute atomic E-state index is 0.181. The normalized spacial score (nSPS) is 15.5. The molecule has 1 N–H and O–H groups in total. The van der Waals surface area contributed by atoms with E-state index in [0.29, 0.717) is 34.4 Å².